The van der Waals surface area contributed by atoms with Crippen molar-refractivity contribution < 1.29 is 17.6 Å². The number of nitrogens with zero attached hydrogens (tertiary/aromatic N) is 1. The van der Waals surface area contributed by atoms with Crippen molar-refractivity contribution in [1.29, 1.82) is 0 Å². The molecule has 0 atom stereocenters. The third-order valence-corrected chi connectivity index (χ3v) is 5.74. The van der Waals surface area contributed by atoms with Gasteiger partial charge in [0.2, 0.25) is 0 Å². The highest BCUT2D eigenvalue weighted by molar-refractivity contribution is 9.10. The summed E-state index contributed by atoms with van der Waals surface area (Å²) in [7, 11) is -3.76. The molecule has 3 aromatic rings. The second-order valence-corrected chi connectivity index (χ2v) is 8.76. The van der Waals surface area contributed by atoms with Gasteiger partial charge < -0.3 is 9.73 Å². The van der Waals surface area contributed by atoms with Crippen LogP contribution in [-0.2, 0) is 10.0 Å². The second kappa shape index (κ2) is 8.62. The number of sulfonamides is 1. The Balaban J connectivity index is 1.67. The van der Waals surface area contributed by atoms with Crippen LogP contribution < -0.4 is 10.1 Å². The van der Waals surface area contributed by atoms with Crippen LogP contribution in [0.25, 0.3) is 0 Å². The fourth-order valence-electron chi connectivity index (χ4n) is 2.40. The number of amides is 1. The van der Waals surface area contributed by atoms with E-state index >= 15 is 0 Å². The standard InChI is InChI=1S/C20H18BrN3O4S/c1-13-3-12-19(28-13)20(25)22-17-8-4-15(5-9-17)14(2)23-24-29(26,27)18-10-6-16(21)7-11-18/h3-12,24H,1-2H3,(H,22,25)/b23-14+. The molecule has 7 nitrogen and oxygen atoms in total. The molecule has 0 aliphatic rings. The molecule has 0 spiro atoms. The fraction of sp³-hybridized carbons (Fsp3) is 0.100. The maximum atomic E-state index is 12.3. The van der Waals surface area contributed by atoms with E-state index in [0.29, 0.717) is 22.7 Å². The molecule has 1 heterocycles. The van der Waals surface area contributed by atoms with Crippen LogP contribution in [0.2, 0.25) is 0 Å². The van der Waals surface area contributed by atoms with Gasteiger partial charge in [0.05, 0.1) is 10.6 Å². The van der Waals surface area contributed by atoms with Crippen molar-refractivity contribution in [2.24, 2.45) is 5.10 Å². The number of carbonyl (C=O) groups excluding carboxylic acids is 1. The number of hydrazone groups is 1. The molecule has 0 saturated carbocycles. The molecular weight excluding hydrogens is 458 g/mol. The lowest BCUT2D eigenvalue weighted by molar-refractivity contribution is 0.0995. The number of anilines is 1. The Hall–Kier alpha value is -2.91. The first-order valence-corrected chi connectivity index (χ1v) is 10.8. The number of rotatable bonds is 6. The summed E-state index contributed by atoms with van der Waals surface area (Å²) in [6.07, 6.45) is 0. The SMILES string of the molecule is C/C(=N\NS(=O)(=O)c1ccc(Br)cc1)c1ccc(NC(=O)c2ccc(C)o2)cc1. The lowest BCUT2D eigenvalue weighted by Crippen LogP contribution is -2.20. The molecule has 0 saturated heterocycles. The van der Waals surface area contributed by atoms with Gasteiger partial charge in [0.15, 0.2) is 5.76 Å². The summed E-state index contributed by atoms with van der Waals surface area (Å²) in [5, 5.41) is 6.70. The summed E-state index contributed by atoms with van der Waals surface area (Å²) in [5.74, 6) is 0.535. The molecule has 2 aromatic carbocycles. The number of aryl methyl sites for hydroxylation is 1. The van der Waals surface area contributed by atoms with E-state index in [1.54, 1.807) is 62.4 Å². The minimum absolute atomic E-state index is 0.114. The molecule has 9 heteroatoms. The molecule has 3 rings (SSSR count). The van der Waals surface area contributed by atoms with E-state index in [9.17, 15) is 13.2 Å². The van der Waals surface area contributed by atoms with E-state index in [-0.39, 0.29) is 16.6 Å². The zero-order valence-electron chi connectivity index (χ0n) is 15.6. The Morgan fingerprint density at radius 3 is 2.24 bits per heavy atom. The van der Waals surface area contributed by atoms with Gasteiger partial charge in [0.25, 0.3) is 15.9 Å². The first-order chi connectivity index (χ1) is 13.7. The van der Waals surface area contributed by atoms with E-state index in [2.05, 4.69) is 31.2 Å². The van der Waals surface area contributed by atoms with E-state index in [0.717, 1.165) is 4.47 Å². The summed E-state index contributed by atoms with van der Waals surface area (Å²) in [6, 6.07) is 16.4. The van der Waals surface area contributed by atoms with Crippen LogP contribution in [0.4, 0.5) is 5.69 Å². The highest BCUT2D eigenvalue weighted by Crippen LogP contribution is 2.16. The van der Waals surface area contributed by atoms with Crippen molar-refractivity contribution >= 4 is 43.3 Å². The monoisotopic (exact) mass is 475 g/mol. The van der Waals surface area contributed by atoms with Crippen molar-refractivity contribution in [2.45, 2.75) is 18.7 Å². The van der Waals surface area contributed by atoms with Crippen LogP contribution in [0, 0.1) is 6.92 Å². The third kappa shape index (κ3) is 5.33. The number of furan rings is 1. The summed E-state index contributed by atoms with van der Waals surface area (Å²) in [4.78, 5) is 14.4. The van der Waals surface area contributed by atoms with Gasteiger partial charge in [0, 0.05) is 10.2 Å². The minimum Gasteiger partial charge on any atom is -0.456 e. The molecule has 2 N–H and O–H groups in total. The van der Waals surface area contributed by atoms with E-state index in [1.807, 2.05) is 0 Å². The molecule has 0 aliphatic heterocycles. The summed E-state index contributed by atoms with van der Waals surface area (Å²) in [6.45, 7) is 3.45. The normalized spacial score (nSPS) is 11.9. The first-order valence-electron chi connectivity index (χ1n) is 8.54. The largest absolute Gasteiger partial charge is 0.456 e. The fourth-order valence-corrected chi connectivity index (χ4v) is 3.52. The molecule has 0 fully saturated rings. The smallest absolute Gasteiger partial charge is 0.291 e. The Morgan fingerprint density at radius 1 is 1.00 bits per heavy atom. The van der Waals surface area contributed by atoms with Crippen LogP contribution in [-0.4, -0.2) is 20.0 Å². The van der Waals surface area contributed by atoms with Crippen LogP contribution in [0.1, 0.15) is 28.8 Å². The third-order valence-electron chi connectivity index (χ3n) is 3.98. The van der Waals surface area contributed by atoms with Crippen LogP contribution in [0.5, 0.6) is 0 Å². The summed E-state index contributed by atoms with van der Waals surface area (Å²) in [5.41, 5.74) is 1.76. The number of nitrogens with one attached hydrogen (secondary N) is 2. The zero-order valence-corrected chi connectivity index (χ0v) is 18.0. The van der Waals surface area contributed by atoms with Gasteiger partial charge in [0.1, 0.15) is 5.76 Å². The number of carbonyl (C=O) groups is 1. The highest BCUT2D eigenvalue weighted by atomic mass is 79.9. The van der Waals surface area contributed by atoms with Crippen molar-refractivity contribution in [3.63, 3.8) is 0 Å². The van der Waals surface area contributed by atoms with Gasteiger partial charge in [-0.1, -0.05) is 28.1 Å². The number of hydrogen-bond donors (Lipinski definition) is 2. The predicted octanol–water partition coefficient (Wildman–Crippen LogP) is 4.31. The zero-order chi connectivity index (χ0) is 21.0. The van der Waals surface area contributed by atoms with Crippen molar-refractivity contribution in [1.82, 2.24) is 4.83 Å². The van der Waals surface area contributed by atoms with Gasteiger partial charge in [-0.3, -0.25) is 4.79 Å². The molecule has 1 aromatic heterocycles. The molecular formula is C20H18BrN3O4S. The average Bonchev–Trinajstić information content (AvgIpc) is 3.14. The summed E-state index contributed by atoms with van der Waals surface area (Å²) >= 11 is 3.27. The minimum atomic E-state index is -3.76. The lowest BCUT2D eigenvalue weighted by atomic mass is 10.1. The highest BCUT2D eigenvalue weighted by Gasteiger charge is 2.13. The maximum absolute atomic E-state index is 12.3. The second-order valence-electron chi connectivity index (χ2n) is 6.19. The number of halogens is 1. The van der Waals surface area contributed by atoms with E-state index < -0.39 is 10.0 Å². The Bertz CT molecular complexity index is 1150. The molecule has 150 valence electrons. The van der Waals surface area contributed by atoms with E-state index in [1.165, 1.54) is 12.1 Å². The van der Waals surface area contributed by atoms with Gasteiger partial charge in [-0.05, 0) is 67.9 Å². The molecule has 0 aliphatic carbocycles. The maximum Gasteiger partial charge on any atom is 0.291 e. The van der Waals surface area contributed by atoms with Crippen molar-refractivity contribution in [3.8, 4) is 0 Å². The van der Waals surface area contributed by atoms with Crippen molar-refractivity contribution in [3.05, 3.63) is 82.2 Å². The molecule has 0 unspecified atom stereocenters. The Kier molecular flexibility index (Phi) is 6.19. The quantitative estimate of drug-likeness (QED) is 0.409. The van der Waals surface area contributed by atoms with Gasteiger partial charge >= 0.3 is 0 Å². The van der Waals surface area contributed by atoms with Crippen LogP contribution >= 0.6 is 15.9 Å². The Morgan fingerprint density at radius 2 is 1.66 bits per heavy atom. The summed E-state index contributed by atoms with van der Waals surface area (Å²) < 4.78 is 30.7. The number of hydrogen-bond acceptors (Lipinski definition) is 5. The van der Waals surface area contributed by atoms with Crippen LogP contribution in [0.3, 0.4) is 0 Å². The van der Waals surface area contributed by atoms with Crippen LogP contribution in [0.15, 0.2) is 79.6 Å². The lowest BCUT2D eigenvalue weighted by Gasteiger charge is -2.07. The van der Waals surface area contributed by atoms with Gasteiger partial charge in [-0.2, -0.15) is 18.4 Å². The molecule has 1 amide bonds. The predicted molar refractivity (Wildman–Crippen MR) is 115 cm³/mol. The first kappa shape index (κ1) is 20.8. The molecule has 0 bridgehead atoms. The van der Waals surface area contributed by atoms with Crippen molar-refractivity contribution in [2.75, 3.05) is 5.32 Å². The molecule has 29 heavy (non-hydrogen) atoms. The molecule has 0 radical (unpaired) electrons. The number of benzene rings is 2. The average molecular weight is 476 g/mol. The van der Waals surface area contributed by atoms with Gasteiger partial charge in [-0.15, -0.1) is 0 Å². The van der Waals surface area contributed by atoms with E-state index in [4.69, 9.17) is 4.42 Å². The Labute approximate surface area is 177 Å². The van der Waals surface area contributed by atoms with Gasteiger partial charge in [-0.25, -0.2) is 0 Å². The topological polar surface area (TPSA) is 101 Å².